The third kappa shape index (κ3) is 3.03. The molecule has 1 N–H and O–H groups in total. The minimum atomic E-state index is -0.255. The van der Waals surface area contributed by atoms with Crippen LogP contribution < -0.4 is 10.9 Å². The molecule has 1 fully saturated rings. The van der Waals surface area contributed by atoms with Crippen LogP contribution in [0.5, 0.6) is 0 Å². The number of para-hydroxylation sites is 1. The second kappa shape index (κ2) is 6.34. The summed E-state index contributed by atoms with van der Waals surface area (Å²) in [5.74, 6) is -0.143. The number of amides is 1. The van der Waals surface area contributed by atoms with Gasteiger partial charge in [-0.25, -0.2) is 0 Å². The Morgan fingerprint density at radius 3 is 2.65 bits per heavy atom. The fourth-order valence-corrected chi connectivity index (χ4v) is 2.77. The number of carbonyl (C=O) groups is 1. The number of hydrogen-bond donors (Lipinski definition) is 1. The predicted molar refractivity (Wildman–Crippen MR) is 87.8 cm³/mol. The molecule has 120 valence electrons. The maximum Gasteiger partial charge on any atom is 0.274 e. The van der Waals surface area contributed by atoms with Gasteiger partial charge < -0.3 is 10.2 Å². The monoisotopic (exact) mass is 312 g/mol. The maximum absolute atomic E-state index is 12.8. The van der Waals surface area contributed by atoms with E-state index < -0.39 is 0 Å². The van der Waals surface area contributed by atoms with E-state index in [1.54, 1.807) is 12.1 Å². The quantitative estimate of drug-likeness (QED) is 0.900. The molecular formula is C17H20N4O2. The Kier molecular flexibility index (Phi) is 4.25. The predicted octanol–water partition coefficient (Wildman–Crippen LogP) is 1.05. The molecule has 0 spiro atoms. The molecule has 0 aliphatic carbocycles. The van der Waals surface area contributed by atoms with Gasteiger partial charge in [-0.3, -0.25) is 9.59 Å². The summed E-state index contributed by atoms with van der Waals surface area (Å²) in [4.78, 5) is 26.6. The Hall–Kier alpha value is -2.47. The first-order valence-corrected chi connectivity index (χ1v) is 7.78. The summed E-state index contributed by atoms with van der Waals surface area (Å²) in [6, 6.07) is 12.3. The van der Waals surface area contributed by atoms with Gasteiger partial charge in [0.2, 0.25) is 0 Å². The fraction of sp³-hybridized carbons (Fsp3) is 0.353. The summed E-state index contributed by atoms with van der Waals surface area (Å²) in [7, 11) is 0. The Bertz CT molecular complexity index is 757. The SMILES string of the molecule is CC1NCCN(C(=O)c2ccc(=O)n(-c3ccccc3)n2)C1C. The van der Waals surface area contributed by atoms with E-state index in [2.05, 4.69) is 17.3 Å². The van der Waals surface area contributed by atoms with E-state index in [1.165, 1.54) is 16.8 Å². The van der Waals surface area contributed by atoms with Crippen LogP contribution in [-0.4, -0.2) is 45.8 Å². The lowest BCUT2D eigenvalue weighted by molar-refractivity contribution is 0.0595. The van der Waals surface area contributed by atoms with Gasteiger partial charge in [-0.2, -0.15) is 9.78 Å². The van der Waals surface area contributed by atoms with Crippen LogP contribution in [0.4, 0.5) is 0 Å². The summed E-state index contributed by atoms with van der Waals surface area (Å²) >= 11 is 0. The first-order valence-electron chi connectivity index (χ1n) is 7.78. The molecular weight excluding hydrogens is 292 g/mol. The van der Waals surface area contributed by atoms with Gasteiger partial charge in [-0.05, 0) is 32.0 Å². The number of aromatic nitrogens is 2. The Morgan fingerprint density at radius 1 is 1.17 bits per heavy atom. The average molecular weight is 312 g/mol. The van der Waals surface area contributed by atoms with Crippen molar-refractivity contribution in [1.82, 2.24) is 20.0 Å². The lowest BCUT2D eigenvalue weighted by atomic mass is 10.1. The van der Waals surface area contributed by atoms with E-state index in [0.29, 0.717) is 12.2 Å². The number of hydrogen-bond acceptors (Lipinski definition) is 4. The summed E-state index contributed by atoms with van der Waals surface area (Å²) in [5.41, 5.74) is 0.678. The van der Waals surface area contributed by atoms with Crippen molar-refractivity contribution in [3.8, 4) is 5.69 Å². The van der Waals surface area contributed by atoms with Gasteiger partial charge in [-0.1, -0.05) is 18.2 Å². The van der Waals surface area contributed by atoms with E-state index in [1.807, 2.05) is 30.0 Å². The number of rotatable bonds is 2. The molecule has 3 rings (SSSR count). The summed E-state index contributed by atoms with van der Waals surface area (Å²) in [6.07, 6.45) is 0. The van der Waals surface area contributed by atoms with E-state index in [9.17, 15) is 9.59 Å². The molecule has 2 heterocycles. The third-order valence-corrected chi connectivity index (χ3v) is 4.32. The lowest BCUT2D eigenvalue weighted by Crippen LogP contribution is -2.57. The molecule has 1 aliphatic heterocycles. The van der Waals surface area contributed by atoms with Crippen LogP contribution in [0.3, 0.4) is 0 Å². The molecule has 1 aromatic carbocycles. The minimum absolute atomic E-state index is 0.0788. The zero-order valence-electron chi connectivity index (χ0n) is 13.3. The van der Waals surface area contributed by atoms with Crippen molar-refractivity contribution in [1.29, 1.82) is 0 Å². The van der Waals surface area contributed by atoms with Crippen molar-refractivity contribution in [3.05, 3.63) is 58.5 Å². The zero-order chi connectivity index (χ0) is 16.4. The lowest BCUT2D eigenvalue weighted by Gasteiger charge is -2.38. The van der Waals surface area contributed by atoms with E-state index in [-0.39, 0.29) is 29.2 Å². The number of carbonyl (C=O) groups excluding carboxylic acids is 1. The average Bonchev–Trinajstić information content (AvgIpc) is 2.58. The van der Waals surface area contributed by atoms with Crippen LogP contribution in [0.15, 0.2) is 47.3 Å². The molecule has 1 amide bonds. The van der Waals surface area contributed by atoms with Gasteiger partial charge in [0.05, 0.1) is 5.69 Å². The molecule has 1 aromatic heterocycles. The normalized spacial score (nSPS) is 21.2. The van der Waals surface area contributed by atoms with Crippen LogP contribution in [0.1, 0.15) is 24.3 Å². The highest BCUT2D eigenvalue weighted by Crippen LogP contribution is 2.12. The highest BCUT2D eigenvalue weighted by molar-refractivity contribution is 5.92. The van der Waals surface area contributed by atoms with Gasteiger partial charge >= 0.3 is 0 Å². The summed E-state index contributed by atoms with van der Waals surface area (Å²) in [6.45, 7) is 5.47. The van der Waals surface area contributed by atoms with Crippen LogP contribution in [0, 0.1) is 0 Å². The molecule has 23 heavy (non-hydrogen) atoms. The molecule has 2 unspecified atom stereocenters. The van der Waals surface area contributed by atoms with Gasteiger partial charge in [0.25, 0.3) is 11.5 Å². The molecule has 0 saturated carbocycles. The molecule has 2 aromatic rings. The van der Waals surface area contributed by atoms with Crippen molar-refractivity contribution in [2.45, 2.75) is 25.9 Å². The van der Waals surface area contributed by atoms with Gasteiger partial charge in [-0.15, -0.1) is 0 Å². The van der Waals surface area contributed by atoms with Crippen LogP contribution in [0.25, 0.3) is 5.69 Å². The molecule has 6 heteroatoms. The second-order valence-electron chi connectivity index (χ2n) is 5.79. The molecule has 1 saturated heterocycles. The standard InChI is InChI=1S/C17H20N4O2/c1-12-13(2)20(11-10-18-12)17(23)15-8-9-16(22)21(19-15)14-6-4-3-5-7-14/h3-9,12-13,18H,10-11H2,1-2H3. The van der Waals surface area contributed by atoms with Crippen LogP contribution >= 0.6 is 0 Å². The van der Waals surface area contributed by atoms with Crippen LogP contribution in [0.2, 0.25) is 0 Å². The maximum atomic E-state index is 12.8. The number of benzene rings is 1. The number of nitrogens with zero attached hydrogens (tertiary/aromatic N) is 3. The molecule has 6 nitrogen and oxygen atoms in total. The smallest absolute Gasteiger partial charge is 0.274 e. The Morgan fingerprint density at radius 2 is 1.91 bits per heavy atom. The van der Waals surface area contributed by atoms with Gasteiger partial charge in [0, 0.05) is 31.2 Å². The zero-order valence-corrected chi connectivity index (χ0v) is 13.3. The van der Waals surface area contributed by atoms with Crippen molar-refractivity contribution in [2.24, 2.45) is 0 Å². The van der Waals surface area contributed by atoms with Crippen LogP contribution in [-0.2, 0) is 0 Å². The molecule has 2 atom stereocenters. The van der Waals surface area contributed by atoms with Crippen molar-refractivity contribution in [2.75, 3.05) is 13.1 Å². The largest absolute Gasteiger partial charge is 0.332 e. The topological polar surface area (TPSA) is 67.2 Å². The minimum Gasteiger partial charge on any atom is -0.332 e. The van der Waals surface area contributed by atoms with Crippen molar-refractivity contribution < 1.29 is 4.79 Å². The molecule has 0 bridgehead atoms. The Balaban J connectivity index is 1.95. The van der Waals surface area contributed by atoms with Crippen molar-refractivity contribution in [3.63, 3.8) is 0 Å². The summed E-state index contributed by atoms with van der Waals surface area (Å²) in [5, 5.41) is 7.61. The highest BCUT2D eigenvalue weighted by atomic mass is 16.2. The first-order chi connectivity index (χ1) is 11.1. The van der Waals surface area contributed by atoms with Gasteiger partial charge in [0.1, 0.15) is 5.69 Å². The second-order valence-corrected chi connectivity index (χ2v) is 5.79. The Labute approximate surface area is 134 Å². The summed E-state index contributed by atoms with van der Waals surface area (Å²) < 4.78 is 1.27. The molecule has 1 aliphatic rings. The first kappa shape index (κ1) is 15.4. The fourth-order valence-electron chi connectivity index (χ4n) is 2.77. The van der Waals surface area contributed by atoms with E-state index >= 15 is 0 Å². The van der Waals surface area contributed by atoms with E-state index in [4.69, 9.17) is 0 Å². The number of nitrogens with one attached hydrogen (secondary N) is 1. The highest BCUT2D eigenvalue weighted by Gasteiger charge is 2.29. The third-order valence-electron chi connectivity index (χ3n) is 4.32. The van der Waals surface area contributed by atoms with E-state index in [0.717, 1.165) is 6.54 Å². The van der Waals surface area contributed by atoms with Crippen molar-refractivity contribution >= 4 is 5.91 Å². The number of piperazine rings is 1. The molecule has 0 radical (unpaired) electrons. The van der Waals surface area contributed by atoms with Gasteiger partial charge in [0.15, 0.2) is 0 Å².